The standard InChI is InChI=1S/C18H28N4O2/c1-4-24-17(23)14-7-9-15(10-8-14)22-18(19-3)21-12-16-13(2)6-5-11-20-16/h5-6,11,14-15H,4,7-10,12H2,1-3H3,(H2,19,21,22). The summed E-state index contributed by atoms with van der Waals surface area (Å²) in [5.74, 6) is 0.776. The molecule has 1 fully saturated rings. The lowest BCUT2D eigenvalue weighted by molar-refractivity contribution is -0.149. The summed E-state index contributed by atoms with van der Waals surface area (Å²) < 4.78 is 5.12. The van der Waals surface area contributed by atoms with E-state index >= 15 is 0 Å². The lowest BCUT2D eigenvalue weighted by Gasteiger charge is -2.29. The molecule has 0 aliphatic heterocycles. The van der Waals surface area contributed by atoms with Crippen molar-refractivity contribution in [1.29, 1.82) is 0 Å². The SMILES string of the molecule is CCOC(=O)C1CCC(NC(=NC)NCc2ncccc2C)CC1. The highest BCUT2D eigenvalue weighted by molar-refractivity contribution is 5.80. The summed E-state index contributed by atoms with van der Waals surface area (Å²) in [6.07, 6.45) is 5.44. The van der Waals surface area contributed by atoms with Crippen molar-refractivity contribution in [3.05, 3.63) is 29.6 Å². The number of carbonyl (C=O) groups excluding carboxylic acids is 1. The first-order valence-electron chi connectivity index (χ1n) is 8.68. The molecule has 1 aromatic heterocycles. The molecule has 0 bridgehead atoms. The Bertz CT molecular complexity index is 566. The van der Waals surface area contributed by atoms with Crippen LogP contribution in [-0.2, 0) is 16.1 Å². The van der Waals surface area contributed by atoms with Crippen LogP contribution in [0.2, 0.25) is 0 Å². The van der Waals surface area contributed by atoms with Crippen LogP contribution in [0.3, 0.4) is 0 Å². The number of hydrogen-bond acceptors (Lipinski definition) is 4. The molecule has 0 saturated heterocycles. The molecule has 0 atom stereocenters. The van der Waals surface area contributed by atoms with Gasteiger partial charge in [0.25, 0.3) is 0 Å². The molecule has 0 aromatic carbocycles. The molecule has 1 aromatic rings. The second kappa shape index (κ2) is 9.25. The number of hydrogen-bond donors (Lipinski definition) is 2. The molecule has 132 valence electrons. The normalized spacial score (nSPS) is 21.2. The van der Waals surface area contributed by atoms with E-state index in [0.29, 0.717) is 19.2 Å². The zero-order valence-electron chi connectivity index (χ0n) is 14.8. The first-order valence-corrected chi connectivity index (χ1v) is 8.68. The van der Waals surface area contributed by atoms with Gasteiger partial charge in [-0.2, -0.15) is 0 Å². The number of aromatic nitrogens is 1. The van der Waals surface area contributed by atoms with Crippen molar-refractivity contribution in [3.63, 3.8) is 0 Å². The van der Waals surface area contributed by atoms with Crippen molar-refractivity contribution in [2.45, 2.75) is 52.1 Å². The van der Waals surface area contributed by atoms with E-state index in [1.165, 1.54) is 0 Å². The highest BCUT2D eigenvalue weighted by Gasteiger charge is 2.27. The first-order chi connectivity index (χ1) is 11.6. The van der Waals surface area contributed by atoms with Crippen LogP contribution in [0.1, 0.15) is 43.9 Å². The lowest BCUT2D eigenvalue weighted by Crippen LogP contribution is -2.45. The fourth-order valence-corrected chi connectivity index (χ4v) is 2.99. The fraction of sp³-hybridized carbons (Fsp3) is 0.611. The van der Waals surface area contributed by atoms with Crippen LogP contribution in [-0.4, -0.2) is 36.6 Å². The van der Waals surface area contributed by atoms with Crippen molar-refractivity contribution in [3.8, 4) is 0 Å². The minimum Gasteiger partial charge on any atom is -0.466 e. The summed E-state index contributed by atoms with van der Waals surface area (Å²) >= 11 is 0. The average molecular weight is 332 g/mol. The Hall–Kier alpha value is -2.11. The minimum absolute atomic E-state index is 0.0501. The Morgan fingerprint density at radius 2 is 2.12 bits per heavy atom. The largest absolute Gasteiger partial charge is 0.466 e. The van der Waals surface area contributed by atoms with Gasteiger partial charge in [-0.3, -0.25) is 14.8 Å². The van der Waals surface area contributed by atoms with Gasteiger partial charge >= 0.3 is 5.97 Å². The predicted octanol–water partition coefficient (Wildman–Crippen LogP) is 2.18. The van der Waals surface area contributed by atoms with Crippen LogP contribution in [0.15, 0.2) is 23.3 Å². The van der Waals surface area contributed by atoms with Gasteiger partial charge < -0.3 is 15.4 Å². The Morgan fingerprint density at radius 3 is 2.75 bits per heavy atom. The van der Waals surface area contributed by atoms with Crippen molar-refractivity contribution in [2.24, 2.45) is 10.9 Å². The summed E-state index contributed by atoms with van der Waals surface area (Å²) in [7, 11) is 1.77. The third-order valence-electron chi connectivity index (χ3n) is 4.45. The van der Waals surface area contributed by atoms with Gasteiger partial charge in [-0.1, -0.05) is 6.07 Å². The van der Waals surface area contributed by atoms with Gasteiger partial charge in [-0.05, 0) is 51.2 Å². The number of aliphatic imine (C=N–C) groups is 1. The summed E-state index contributed by atoms with van der Waals surface area (Å²) in [6.45, 7) is 5.01. The van der Waals surface area contributed by atoms with Crippen LogP contribution in [0.5, 0.6) is 0 Å². The molecule has 1 aliphatic rings. The molecule has 1 heterocycles. The molecule has 0 spiro atoms. The van der Waals surface area contributed by atoms with Crippen LogP contribution in [0, 0.1) is 12.8 Å². The minimum atomic E-state index is -0.0518. The number of nitrogens with one attached hydrogen (secondary N) is 2. The van der Waals surface area contributed by atoms with Crippen LogP contribution in [0.25, 0.3) is 0 Å². The number of nitrogens with zero attached hydrogens (tertiary/aromatic N) is 2. The van der Waals surface area contributed by atoms with Gasteiger partial charge in [0.2, 0.25) is 0 Å². The maximum atomic E-state index is 11.8. The molecule has 0 amide bonds. The fourth-order valence-electron chi connectivity index (χ4n) is 2.99. The quantitative estimate of drug-likeness (QED) is 0.491. The van der Waals surface area contributed by atoms with E-state index in [2.05, 4.69) is 33.6 Å². The first kappa shape index (κ1) is 18.2. The number of guanidine groups is 1. The highest BCUT2D eigenvalue weighted by atomic mass is 16.5. The third kappa shape index (κ3) is 5.22. The highest BCUT2D eigenvalue weighted by Crippen LogP contribution is 2.25. The number of pyridine rings is 1. The molecule has 0 unspecified atom stereocenters. The maximum absolute atomic E-state index is 11.8. The van der Waals surface area contributed by atoms with Gasteiger partial charge in [0.1, 0.15) is 0 Å². The molecular weight excluding hydrogens is 304 g/mol. The zero-order chi connectivity index (χ0) is 17.4. The molecule has 0 radical (unpaired) electrons. The smallest absolute Gasteiger partial charge is 0.308 e. The van der Waals surface area contributed by atoms with E-state index in [-0.39, 0.29) is 11.9 Å². The molecule has 6 heteroatoms. The number of carbonyl (C=O) groups is 1. The second-order valence-corrected chi connectivity index (χ2v) is 6.14. The number of aryl methyl sites for hydroxylation is 1. The number of ether oxygens (including phenoxy) is 1. The van der Waals surface area contributed by atoms with E-state index in [4.69, 9.17) is 4.74 Å². The summed E-state index contributed by atoms with van der Waals surface area (Å²) in [6, 6.07) is 4.33. The maximum Gasteiger partial charge on any atom is 0.308 e. The molecule has 2 N–H and O–H groups in total. The Morgan fingerprint density at radius 1 is 1.38 bits per heavy atom. The van der Waals surface area contributed by atoms with Crippen molar-refractivity contribution >= 4 is 11.9 Å². The van der Waals surface area contributed by atoms with Gasteiger partial charge in [0.05, 0.1) is 24.8 Å². The molecule has 1 saturated carbocycles. The molecule has 1 aliphatic carbocycles. The Kier molecular flexibility index (Phi) is 7.03. The van der Waals surface area contributed by atoms with Gasteiger partial charge in [0.15, 0.2) is 5.96 Å². The zero-order valence-corrected chi connectivity index (χ0v) is 14.8. The molecular formula is C18H28N4O2. The molecule has 24 heavy (non-hydrogen) atoms. The van der Waals surface area contributed by atoms with Crippen molar-refractivity contribution in [2.75, 3.05) is 13.7 Å². The van der Waals surface area contributed by atoms with Crippen molar-refractivity contribution in [1.82, 2.24) is 15.6 Å². The lowest BCUT2D eigenvalue weighted by atomic mass is 9.86. The van der Waals surface area contributed by atoms with Gasteiger partial charge in [-0.25, -0.2) is 0 Å². The Balaban J connectivity index is 1.78. The monoisotopic (exact) mass is 332 g/mol. The summed E-state index contributed by atoms with van der Waals surface area (Å²) in [5, 5.41) is 6.76. The predicted molar refractivity (Wildman–Crippen MR) is 94.7 cm³/mol. The van der Waals surface area contributed by atoms with Crippen LogP contribution < -0.4 is 10.6 Å². The van der Waals surface area contributed by atoms with Crippen molar-refractivity contribution < 1.29 is 9.53 Å². The second-order valence-electron chi connectivity index (χ2n) is 6.14. The van der Waals surface area contributed by atoms with E-state index in [1.54, 1.807) is 13.2 Å². The topological polar surface area (TPSA) is 75.6 Å². The Labute approximate surface area is 144 Å². The summed E-state index contributed by atoms with van der Waals surface area (Å²) in [4.78, 5) is 20.5. The van der Waals surface area contributed by atoms with E-state index in [9.17, 15) is 4.79 Å². The summed E-state index contributed by atoms with van der Waals surface area (Å²) in [5.41, 5.74) is 2.18. The molecule has 6 nitrogen and oxygen atoms in total. The van der Waals surface area contributed by atoms with Crippen LogP contribution in [0.4, 0.5) is 0 Å². The van der Waals surface area contributed by atoms with E-state index < -0.39 is 0 Å². The third-order valence-corrected chi connectivity index (χ3v) is 4.45. The average Bonchev–Trinajstić information content (AvgIpc) is 2.60. The van der Waals surface area contributed by atoms with E-state index in [0.717, 1.165) is 42.9 Å². The molecule has 2 rings (SSSR count). The van der Waals surface area contributed by atoms with Gasteiger partial charge in [0, 0.05) is 19.3 Å². The van der Waals surface area contributed by atoms with Gasteiger partial charge in [-0.15, -0.1) is 0 Å². The van der Waals surface area contributed by atoms with Crippen LogP contribution >= 0.6 is 0 Å². The number of esters is 1. The number of rotatable bonds is 5. The van der Waals surface area contributed by atoms with E-state index in [1.807, 2.05) is 13.0 Å².